The molecule has 2 aromatic rings. The monoisotopic (exact) mass is 317 g/mol. The van der Waals surface area contributed by atoms with Crippen LogP contribution in [0.3, 0.4) is 0 Å². The highest BCUT2D eigenvalue weighted by molar-refractivity contribution is 14.1. The Balaban J connectivity index is 2.32. The normalized spacial score (nSPS) is 11.0. The van der Waals surface area contributed by atoms with Crippen molar-refractivity contribution in [3.8, 4) is 0 Å². The summed E-state index contributed by atoms with van der Waals surface area (Å²) in [5.41, 5.74) is 1.15. The Kier molecular flexibility index (Phi) is 3.38. The molecule has 1 heterocycles. The zero-order valence-corrected chi connectivity index (χ0v) is 11.1. The van der Waals surface area contributed by atoms with Crippen LogP contribution in [0.5, 0.6) is 0 Å². The average Bonchev–Trinajstić information content (AvgIpc) is 2.56. The van der Waals surface area contributed by atoms with Crippen molar-refractivity contribution < 1.29 is 0 Å². The Bertz CT molecular complexity index is 436. The molecule has 0 amide bonds. The topological polar surface area (TPSA) is 12.9 Å². The molecule has 0 atom stereocenters. The van der Waals surface area contributed by atoms with Crippen LogP contribution in [-0.2, 0) is 6.42 Å². The smallest absolute Gasteiger partial charge is 0.0938 e. The summed E-state index contributed by atoms with van der Waals surface area (Å²) in [6.07, 6.45) is 3.62. The Hall–Kier alpha value is -0.160. The number of thiazole rings is 1. The minimum Gasteiger partial charge on any atom is -0.241 e. The molecule has 3 heteroatoms. The zero-order valence-electron chi connectivity index (χ0n) is 8.09. The summed E-state index contributed by atoms with van der Waals surface area (Å²) in [6, 6.07) is 6.44. The quantitative estimate of drug-likeness (QED) is 0.772. The Morgan fingerprint density at radius 1 is 1.43 bits per heavy atom. The van der Waals surface area contributed by atoms with E-state index in [1.807, 2.05) is 11.3 Å². The fourth-order valence-corrected chi connectivity index (χ4v) is 3.13. The first-order chi connectivity index (χ1) is 6.79. The number of hydrogen-bond donors (Lipinski definition) is 0. The minimum atomic E-state index is 1.13. The van der Waals surface area contributed by atoms with Crippen LogP contribution in [-0.4, -0.2) is 4.98 Å². The van der Waals surface area contributed by atoms with Crippen molar-refractivity contribution in [2.75, 3.05) is 0 Å². The maximum absolute atomic E-state index is 4.61. The van der Waals surface area contributed by atoms with Crippen molar-refractivity contribution in [1.82, 2.24) is 4.98 Å². The molecule has 0 unspecified atom stereocenters. The highest BCUT2D eigenvalue weighted by Crippen LogP contribution is 2.24. The molecular weight excluding hydrogens is 305 g/mol. The van der Waals surface area contributed by atoms with Gasteiger partial charge in [0.15, 0.2) is 0 Å². The van der Waals surface area contributed by atoms with Gasteiger partial charge in [-0.15, -0.1) is 11.3 Å². The molecule has 1 nitrogen and oxygen atoms in total. The fourth-order valence-electron chi connectivity index (χ4n) is 1.38. The Morgan fingerprint density at radius 2 is 2.29 bits per heavy atom. The van der Waals surface area contributed by atoms with Crippen LogP contribution >= 0.6 is 33.9 Å². The highest BCUT2D eigenvalue weighted by Gasteiger charge is 2.03. The number of rotatable bonds is 3. The lowest BCUT2D eigenvalue weighted by atomic mass is 10.3. The maximum atomic E-state index is 4.61. The summed E-state index contributed by atoms with van der Waals surface area (Å²) in [5.74, 6) is 0. The van der Waals surface area contributed by atoms with Crippen molar-refractivity contribution in [3.05, 3.63) is 26.8 Å². The lowest BCUT2D eigenvalue weighted by Crippen LogP contribution is -1.81. The first kappa shape index (κ1) is 10.4. The molecule has 0 aliphatic carbocycles. The van der Waals surface area contributed by atoms with Crippen LogP contribution in [0.2, 0.25) is 0 Å². The van der Waals surface area contributed by atoms with Crippen LogP contribution < -0.4 is 0 Å². The van der Waals surface area contributed by atoms with E-state index in [2.05, 4.69) is 52.7 Å². The molecule has 0 spiro atoms. The first-order valence-corrected chi connectivity index (χ1v) is 6.74. The van der Waals surface area contributed by atoms with Gasteiger partial charge in [-0.05, 0) is 53.6 Å². The van der Waals surface area contributed by atoms with Crippen LogP contribution in [0, 0.1) is 3.57 Å². The van der Waals surface area contributed by atoms with Gasteiger partial charge in [-0.3, -0.25) is 0 Å². The van der Waals surface area contributed by atoms with Crippen LogP contribution in [0.15, 0.2) is 18.2 Å². The number of unbranched alkanes of at least 4 members (excludes halogenated alkanes) is 1. The number of aromatic nitrogens is 1. The third-order valence-corrected chi connectivity index (χ3v) is 3.89. The molecule has 0 aliphatic heterocycles. The van der Waals surface area contributed by atoms with Gasteiger partial charge in [-0.25, -0.2) is 4.98 Å². The second-order valence-corrected chi connectivity index (χ2v) is 5.68. The average molecular weight is 317 g/mol. The molecular formula is C11H12INS. The maximum Gasteiger partial charge on any atom is 0.0938 e. The predicted molar refractivity (Wildman–Crippen MR) is 70.9 cm³/mol. The molecule has 1 aromatic carbocycles. The van der Waals surface area contributed by atoms with Crippen molar-refractivity contribution in [2.45, 2.75) is 26.2 Å². The lowest BCUT2D eigenvalue weighted by molar-refractivity contribution is 0.791. The fraction of sp³-hybridized carbons (Fsp3) is 0.364. The van der Waals surface area contributed by atoms with Gasteiger partial charge >= 0.3 is 0 Å². The second kappa shape index (κ2) is 4.57. The van der Waals surface area contributed by atoms with Crippen molar-refractivity contribution in [1.29, 1.82) is 0 Å². The van der Waals surface area contributed by atoms with Gasteiger partial charge in [-0.1, -0.05) is 13.3 Å². The van der Waals surface area contributed by atoms with Gasteiger partial charge in [0.1, 0.15) is 0 Å². The third-order valence-electron chi connectivity index (χ3n) is 2.14. The molecule has 0 saturated carbocycles. The summed E-state index contributed by atoms with van der Waals surface area (Å²) in [7, 11) is 0. The van der Waals surface area contributed by atoms with Crippen LogP contribution in [0.1, 0.15) is 24.8 Å². The van der Waals surface area contributed by atoms with E-state index in [1.165, 1.54) is 26.1 Å². The number of halogens is 1. The van der Waals surface area contributed by atoms with Crippen LogP contribution in [0.4, 0.5) is 0 Å². The third kappa shape index (κ3) is 2.25. The summed E-state index contributed by atoms with van der Waals surface area (Å²) >= 11 is 4.18. The van der Waals surface area contributed by atoms with Gasteiger partial charge in [0, 0.05) is 3.57 Å². The van der Waals surface area contributed by atoms with Gasteiger partial charge < -0.3 is 0 Å². The van der Waals surface area contributed by atoms with E-state index < -0.39 is 0 Å². The lowest BCUT2D eigenvalue weighted by Gasteiger charge is -1.89. The van der Waals surface area contributed by atoms with E-state index in [-0.39, 0.29) is 0 Å². The number of benzene rings is 1. The SMILES string of the molecule is CCCCc1nc2ccc(I)cc2s1. The van der Waals surface area contributed by atoms with Crippen molar-refractivity contribution >= 4 is 44.1 Å². The summed E-state index contributed by atoms with van der Waals surface area (Å²) in [6.45, 7) is 2.22. The van der Waals surface area contributed by atoms with E-state index in [0.29, 0.717) is 0 Å². The van der Waals surface area contributed by atoms with Crippen molar-refractivity contribution in [2.24, 2.45) is 0 Å². The van der Waals surface area contributed by atoms with Gasteiger partial charge in [0.2, 0.25) is 0 Å². The summed E-state index contributed by atoms with van der Waals surface area (Å²) < 4.78 is 2.61. The molecule has 0 bridgehead atoms. The van der Waals surface area contributed by atoms with Gasteiger partial charge in [0.05, 0.1) is 15.2 Å². The van der Waals surface area contributed by atoms with E-state index in [4.69, 9.17) is 0 Å². The number of hydrogen-bond acceptors (Lipinski definition) is 2. The molecule has 0 N–H and O–H groups in total. The Labute approximate surface area is 102 Å². The molecule has 14 heavy (non-hydrogen) atoms. The summed E-state index contributed by atoms with van der Waals surface area (Å²) in [5, 5.41) is 1.28. The number of nitrogens with zero attached hydrogens (tertiary/aromatic N) is 1. The largest absolute Gasteiger partial charge is 0.241 e. The van der Waals surface area contributed by atoms with E-state index in [1.54, 1.807) is 0 Å². The van der Waals surface area contributed by atoms with E-state index in [0.717, 1.165) is 11.9 Å². The zero-order chi connectivity index (χ0) is 9.97. The summed E-state index contributed by atoms with van der Waals surface area (Å²) in [4.78, 5) is 4.61. The molecule has 0 radical (unpaired) electrons. The van der Waals surface area contributed by atoms with Gasteiger partial charge in [0.25, 0.3) is 0 Å². The van der Waals surface area contributed by atoms with Gasteiger partial charge in [-0.2, -0.15) is 0 Å². The van der Waals surface area contributed by atoms with Crippen molar-refractivity contribution in [3.63, 3.8) is 0 Å². The Morgan fingerprint density at radius 3 is 3.07 bits per heavy atom. The predicted octanol–water partition coefficient (Wildman–Crippen LogP) is 4.24. The highest BCUT2D eigenvalue weighted by atomic mass is 127. The molecule has 2 rings (SSSR count). The molecule has 0 fully saturated rings. The van der Waals surface area contributed by atoms with Crippen LogP contribution in [0.25, 0.3) is 10.2 Å². The standard InChI is InChI=1S/C11H12INS/c1-2-3-4-11-13-9-6-5-8(12)7-10(9)14-11/h5-7H,2-4H2,1H3. The minimum absolute atomic E-state index is 1.13. The number of aryl methyl sites for hydroxylation is 1. The molecule has 1 aromatic heterocycles. The molecule has 0 saturated heterocycles. The van der Waals surface area contributed by atoms with E-state index in [9.17, 15) is 0 Å². The first-order valence-electron chi connectivity index (χ1n) is 4.84. The second-order valence-electron chi connectivity index (χ2n) is 3.32. The van der Waals surface area contributed by atoms with E-state index >= 15 is 0 Å². The number of fused-ring (bicyclic) bond motifs is 1. The molecule has 0 aliphatic rings. The molecule has 74 valence electrons.